The van der Waals surface area contributed by atoms with Gasteiger partial charge in [-0.1, -0.05) is 18.2 Å². The van der Waals surface area contributed by atoms with Crippen molar-refractivity contribution in [3.8, 4) is 34.0 Å². The van der Waals surface area contributed by atoms with Crippen LogP contribution in [0.1, 0.15) is 6.92 Å². The minimum absolute atomic E-state index is 0.156. The number of phenols is 1. The van der Waals surface area contributed by atoms with E-state index < -0.39 is 0 Å². The fourth-order valence-corrected chi connectivity index (χ4v) is 2.74. The summed E-state index contributed by atoms with van der Waals surface area (Å²) in [6, 6.07) is 12.5. The molecule has 0 saturated heterocycles. The van der Waals surface area contributed by atoms with Gasteiger partial charge in [0.05, 0.1) is 12.2 Å². The molecule has 0 aliphatic heterocycles. The number of ether oxygens (including phenoxy) is 1. The number of nitrogens with zero attached hydrogens (tertiary/aromatic N) is 3. The molecule has 4 aromatic rings. The standard InChI is InChI=1S/C18H15N5O3/c1-2-26-14-9-11(10-4-3-5-12(24)8-10)6-7-13(14)16-19-17-15(18(25)20-16)21-23-22-17/h3-9,24H,2H2,1H3,(H2,19,20,21,22,23,25). The number of phenolic OH excluding ortho intramolecular Hbond substituents is 1. The highest BCUT2D eigenvalue weighted by Gasteiger charge is 2.14. The van der Waals surface area contributed by atoms with Gasteiger partial charge in [-0.15, -0.1) is 10.2 Å². The number of aromatic amines is 2. The molecule has 0 fully saturated rings. The Bertz CT molecular complexity index is 1150. The molecular formula is C18H15N5O3. The average molecular weight is 349 g/mol. The van der Waals surface area contributed by atoms with Gasteiger partial charge in [-0.2, -0.15) is 5.21 Å². The number of hydrogen-bond donors (Lipinski definition) is 3. The molecule has 4 rings (SSSR count). The summed E-state index contributed by atoms with van der Waals surface area (Å²) in [5.41, 5.74) is 2.38. The van der Waals surface area contributed by atoms with Gasteiger partial charge in [0.15, 0.2) is 5.52 Å². The van der Waals surface area contributed by atoms with Crippen LogP contribution in [0.5, 0.6) is 11.5 Å². The van der Waals surface area contributed by atoms with Gasteiger partial charge in [0.2, 0.25) is 5.65 Å². The zero-order chi connectivity index (χ0) is 18.1. The molecule has 8 heteroatoms. The number of nitrogens with one attached hydrogen (secondary N) is 2. The summed E-state index contributed by atoms with van der Waals surface area (Å²) in [6.07, 6.45) is 0. The van der Waals surface area contributed by atoms with E-state index in [1.165, 1.54) is 0 Å². The first-order chi connectivity index (χ1) is 12.7. The lowest BCUT2D eigenvalue weighted by Gasteiger charge is -2.12. The van der Waals surface area contributed by atoms with E-state index in [1.807, 2.05) is 31.2 Å². The summed E-state index contributed by atoms with van der Waals surface area (Å²) in [7, 11) is 0. The second kappa shape index (κ2) is 6.32. The number of fused-ring (bicyclic) bond motifs is 1. The van der Waals surface area contributed by atoms with E-state index >= 15 is 0 Å². The molecule has 0 bridgehead atoms. The van der Waals surface area contributed by atoms with Crippen molar-refractivity contribution in [2.24, 2.45) is 0 Å². The maximum absolute atomic E-state index is 12.1. The van der Waals surface area contributed by atoms with Crippen LogP contribution >= 0.6 is 0 Å². The second-order valence-electron chi connectivity index (χ2n) is 5.60. The predicted octanol–water partition coefficient (Wildman–Crippen LogP) is 2.48. The average Bonchev–Trinajstić information content (AvgIpc) is 3.11. The van der Waals surface area contributed by atoms with E-state index in [0.29, 0.717) is 23.7 Å². The number of aromatic nitrogens is 5. The number of benzene rings is 2. The van der Waals surface area contributed by atoms with Gasteiger partial charge in [-0.05, 0) is 42.3 Å². The van der Waals surface area contributed by atoms with Crippen LogP contribution in [0.25, 0.3) is 33.7 Å². The molecule has 0 aliphatic carbocycles. The first-order valence-electron chi connectivity index (χ1n) is 8.03. The molecule has 2 heterocycles. The SMILES string of the molecule is CCOc1cc(-c2cccc(O)c2)ccc1-c1nc2n[nH]nc2c(=O)[nH]1. The number of rotatable bonds is 4. The first-order valence-corrected chi connectivity index (χ1v) is 8.03. The van der Waals surface area contributed by atoms with E-state index in [1.54, 1.807) is 18.2 Å². The predicted molar refractivity (Wildman–Crippen MR) is 96.0 cm³/mol. The van der Waals surface area contributed by atoms with Crippen LogP contribution in [0.4, 0.5) is 0 Å². The Kier molecular flexibility index (Phi) is 3.85. The molecule has 3 N–H and O–H groups in total. The van der Waals surface area contributed by atoms with Gasteiger partial charge in [-0.25, -0.2) is 4.98 Å². The van der Waals surface area contributed by atoms with Crippen LogP contribution in [0, 0.1) is 0 Å². The monoisotopic (exact) mass is 349 g/mol. The maximum Gasteiger partial charge on any atom is 0.281 e. The minimum Gasteiger partial charge on any atom is -0.508 e. The van der Waals surface area contributed by atoms with Crippen molar-refractivity contribution in [1.29, 1.82) is 0 Å². The molecule has 0 aliphatic rings. The van der Waals surface area contributed by atoms with Crippen molar-refractivity contribution < 1.29 is 9.84 Å². The Balaban J connectivity index is 1.86. The third-order valence-corrected chi connectivity index (χ3v) is 3.91. The van der Waals surface area contributed by atoms with Crippen molar-refractivity contribution in [2.45, 2.75) is 6.92 Å². The van der Waals surface area contributed by atoms with Crippen LogP contribution in [0.3, 0.4) is 0 Å². The van der Waals surface area contributed by atoms with Gasteiger partial charge in [0.25, 0.3) is 5.56 Å². The first kappa shape index (κ1) is 15.8. The molecule has 26 heavy (non-hydrogen) atoms. The molecule has 0 unspecified atom stereocenters. The lowest BCUT2D eigenvalue weighted by atomic mass is 10.0. The Morgan fingerprint density at radius 1 is 1.12 bits per heavy atom. The summed E-state index contributed by atoms with van der Waals surface area (Å²) < 4.78 is 5.75. The molecule has 2 aromatic heterocycles. The molecule has 8 nitrogen and oxygen atoms in total. The quantitative estimate of drug-likeness (QED) is 0.521. The lowest BCUT2D eigenvalue weighted by molar-refractivity contribution is 0.341. The highest BCUT2D eigenvalue weighted by atomic mass is 16.5. The van der Waals surface area contributed by atoms with Crippen molar-refractivity contribution in [3.63, 3.8) is 0 Å². The summed E-state index contributed by atoms with van der Waals surface area (Å²) in [6.45, 7) is 2.33. The Morgan fingerprint density at radius 3 is 2.77 bits per heavy atom. The largest absolute Gasteiger partial charge is 0.508 e. The maximum atomic E-state index is 12.1. The normalized spacial score (nSPS) is 11.0. The van der Waals surface area contributed by atoms with Crippen LogP contribution in [-0.4, -0.2) is 37.1 Å². The highest BCUT2D eigenvalue weighted by molar-refractivity contribution is 5.76. The summed E-state index contributed by atoms with van der Waals surface area (Å²) >= 11 is 0. The Morgan fingerprint density at radius 2 is 1.96 bits per heavy atom. The summed E-state index contributed by atoms with van der Waals surface area (Å²) in [5, 5.41) is 19.7. The van der Waals surface area contributed by atoms with E-state index in [0.717, 1.165) is 11.1 Å². The zero-order valence-electron chi connectivity index (χ0n) is 13.9. The molecule has 130 valence electrons. The third kappa shape index (κ3) is 2.77. The topological polar surface area (TPSA) is 117 Å². The van der Waals surface area contributed by atoms with Crippen molar-refractivity contribution in [1.82, 2.24) is 25.4 Å². The fraction of sp³-hybridized carbons (Fsp3) is 0.111. The number of hydrogen-bond acceptors (Lipinski definition) is 6. The van der Waals surface area contributed by atoms with E-state index in [2.05, 4.69) is 25.4 Å². The van der Waals surface area contributed by atoms with Crippen LogP contribution < -0.4 is 10.3 Å². The third-order valence-electron chi connectivity index (χ3n) is 3.91. The zero-order valence-corrected chi connectivity index (χ0v) is 13.9. The summed E-state index contributed by atoms with van der Waals surface area (Å²) in [5.74, 6) is 1.11. The molecule has 0 atom stereocenters. The molecule has 0 radical (unpaired) electrons. The van der Waals surface area contributed by atoms with Gasteiger partial charge >= 0.3 is 0 Å². The van der Waals surface area contributed by atoms with Crippen LogP contribution in [0.15, 0.2) is 47.3 Å². The number of H-pyrrole nitrogens is 2. The van der Waals surface area contributed by atoms with Gasteiger partial charge in [-0.3, -0.25) is 4.79 Å². The molecule has 0 spiro atoms. The van der Waals surface area contributed by atoms with Crippen molar-refractivity contribution in [3.05, 3.63) is 52.8 Å². The van der Waals surface area contributed by atoms with Crippen LogP contribution in [0.2, 0.25) is 0 Å². The Hall–Kier alpha value is -3.68. The molecular weight excluding hydrogens is 334 g/mol. The lowest BCUT2D eigenvalue weighted by Crippen LogP contribution is -2.10. The number of aromatic hydroxyl groups is 1. The van der Waals surface area contributed by atoms with E-state index in [-0.39, 0.29) is 22.5 Å². The molecule has 0 saturated carbocycles. The van der Waals surface area contributed by atoms with E-state index in [4.69, 9.17) is 4.74 Å². The summed E-state index contributed by atoms with van der Waals surface area (Å²) in [4.78, 5) is 19.2. The van der Waals surface area contributed by atoms with Crippen molar-refractivity contribution >= 4 is 11.2 Å². The van der Waals surface area contributed by atoms with Crippen LogP contribution in [-0.2, 0) is 0 Å². The fourth-order valence-electron chi connectivity index (χ4n) is 2.74. The van der Waals surface area contributed by atoms with Gasteiger partial charge < -0.3 is 14.8 Å². The molecule has 0 amide bonds. The highest BCUT2D eigenvalue weighted by Crippen LogP contribution is 2.33. The van der Waals surface area contributed by atoms with Gasteiger partial charge in [0.1, 0.15) is 17.3 Å². The smallest absolute Gasteiger partial charge is 0.281 e. The Labute approximate surface area is 147 Å². The van der Waals surface area contributed by atoms with Crippen molar-refractivity contribution in [2.75, 3.05) is 6.61 Å². The van der Waals surface area contributed by atoms with Gasteiger partial charge in [0, 0.05) is 0 Å². The minimum atomic E-state index is -0.377. The second-order valence-corrected chi connectivity index (χ2v) is 5.60. The van der Waals surface area contributed by atoms with E-state index in [9.17, 15) is 9.90 Å². The molecule has 2 aromatic carbocycles.